The number of rotatable bonds is 0. The summed E-state index contributed by atoms with van der Waals surface area (Å²) < 4.78 is 0. The molecule has 2 amide bonds. The van der Waals surface area contributed by atoms with Crippen LogP contribution in [0.3, 0.4) is 0 Å². The third kappa shape index (κ3) is 0.856. The Hall–Kier alpha value is -0.730. The molecule has 1 aliphatic carbocycles. The molecule has 2 atom stereocenters. The van der Waals surface area contributed by atoms with Crippen molar-refractivity contribution in [3.05, 3.63) is 0 Å². The van der Waals surface area contributed by atoms with Crippen LogP contribution in [0, 0.1) is 0 Å². The molecule has 1 saturated carbocycles. The lowest BCUT2D eigenvalue weighted by Gasteiger charge is -2.22. The maximum atomic E-state index is 10.8. The van der Waals surface area contributed by atoms with E-state index in [-0.39, 0.29) is 6.03 Å². The van der Waals surface area contributed by atoms with Crippen LogP contribution in [0.5, 0.6) is 0 Å². The first kappa shape index (κ1) is 6.01. The van der Waals surface area contributed by atoms with Crippen molar-refractivity contribution in [2.75, 3.05) is 0 Å². The molecule has 1 heterocycles. The maximum Gasteiger partial charge on any atom is 0.315 e. The molecule has 3 nitrogen and oxygen atoms in total. The highest BCUT2D eigenvalue weighted by Gasteiger charge is 2.32. The topological polar surface area (TPSA) is 41.1 Å². The first-order chi connectivity index (χ1) is 4.86. The Labute approximate surface area is 60.2 Å². The SMILES string of the molecule is O=C1NC2CCCCC2N1. The lowest BCUT2D eigenvalue weighted by Crippen LogP contribution is -2.36. The fourth-order valence-corrected chi connectivity index (χ4v) is 1.85. The molecule has 0 aromatic rings. The van der Waals surface area contributed by atoms with Gasteiger partial charge in [-0.1, -0.05) is 12.8 Å². The molecule has 10 heavy (non-hydrogen) atoms. The number of carbonyl (C=O) groups is 1. The Morgan fingerprint density at radius 3 is 2.10 bits per heavy atom. The summed E-state index contributed by atoms with van der Waals surface area (Å²) in [5.41, 5.74) is 0. The van der Waals surface area contributed by atoms with Crippen molar-refractivity contribution >= 4 is 6.03 Å². The average Bonchev–Trinajstić information content (AvgIpc) is 2.27. The van der Waals surface area contributed by atoms with Crippen LogP contribution in [0.2, 0.25) is 0 Å². The number of carbonyl (C=O) groups excluding carboxylic acids is 1. The second kappa shape index (κ2) is 2.15. The number of urea groups is 1. The number of nitrogens with one attached hydrogen (secondary N) is 2. The lowest BCUT2D eigenvalue weighted by atomic mass is 9.92. The molecule has 0 bridgehead atoms. The van der Waals surface area contributed by atoms with Gasteiger partial charge in [-0.25, -0.2) is 4.79 Å². The Bertz CT molecular complexity index is 142. The van der Waals surface area contributed by atoms with Gasteiger partial charge in [-0.05, 0) is 12.8 Å². The van der Waals surface area contributed by atoms with E-state index in [4.69, 9.17) is 0 Å². The van der Waals surface area contributed by atoms with E-state index >= 15 is 0 Å². The number of amides is 2. The van der Waals surface area contributed by atoms with E-state index in [1.807, 2.05) is 0 Å². The van der Waals surface area contributed by atoms with Gasteiger partial charge >= 0.3 is 6.03 Å². The van der Waals surface area contributed by atoms with Gasteiger partial charge in [0, 0.05) is 0 Å². The maximum absolute atomic E-state index is 10.8. The average molecular weight is 140 g/mol. The normalized spacial score (nSPS) is 38.2. The van der Waals surface area contributed by atoms with Crippen molar-refractivity contribution < 1.29 is 4.79 Å². The van der Waals surface area contributed by atoms with E-state index in [0.29, 0.717) is 12.1 Å². The molecule has 2 aliphatic rings. The van der Waals surface area contributed by atoms with Crippen LogP contribution in [0.4, 0.5) is 4.79 Å². The molecule has 2 fully saturated rings. The van der Waals surface area contributed by atoms with Crippen LogP contribution in [-0.2, 0) is 0 Å². The van der Waals surface area contributed by atoms with Gasteiger partial charge in [0.25, 0.3) is 0 Å². The highest BCUT2D eigenvalue weighted by molar-refractivity contribution is 5.77. The summed E-state index contributed by atoms with van der Waals surface area (Å²) in [4.78, 5) is 10.8. The second-order valence-electron chi connectivity index (χ2n) is 3.12. The van der Waals surface area contributed by atoms with E-state index in [9.17, 15) is 4.79 Å². The first-order valence-corrected chi connectivity index (χ1v) is 3.93. The highest BCUT2D eigenvalue weighted by atomic mass is 16.2. The minimum atomic E-state index is 0.0249. The third-order valence-electron chi connectivity index (χ3n) is 2.40. The van der Waals surface area contributed by atoms with Crippen LogP contribution < -0.4 is 10.6 Å². The molecule has 2 rings (SSSR count). The molecule has 2 unspecified atom stereocenters. The summed E-state index contributed by atoms with van der Waals surface area (Å²) in [6.45, 7) is 0. The largest absolute Gasteiger partial charge is 0.333 e. The van der Waals surface area contributed by atoms with Gasteiger partial charge in [0.1, 0.15) is 0 Å². The summed E-state index contributed by atoms with van der Waals surface area (Å²) in [7, 11) is 0. The zero-order valence-electron chi connectivity index (χ0n) is 5.89. The van der Waals surface area contributed by atoms with Gasteiger partial charge in [-0.3, -0.25) is 0 Å². The molecule has 1 saturated heterocycles. The fraction of sp³-hybridized carbons (Fsp3) is 0.857. The quantitative estimate of drug-likeness (QED) is 0.508. The number of hydrogen-bond acceptors (Lipinski definition) is 1. The van der Waals surface area contributed by atoms with Crippen molar-refractivity contribution in [3.8, 4) is 0 Å². The molecule has 0 aromatic carbocycles. The number of fused-ring (bicyclic) bond motifs is 1. The minimum absolute atomic E-state index is 0.0249. The van der Waals surface area contributed by atoms with E-state index < -0.39 is 0 Å². The minimum Gasteiger partial charge on any atom is -0.333 e. The van der Waals surface area contributed by atoms with E-state index in [1.54, 1.807) is 0 Å². The standard InChI is InChI=1S/C7H12N2O/c10-7-8-5-3-1-2-4-6(5)9-7/h5-6H,1-4H2,(H2,8,9,10). The Kier molecular flexibility index (Phi) is 1.29. The van der Waals surface area contributed by atoms with Gasteiger partial charge in [-0.15, -0.1) is 0 Å². The molecule has 56 valence electrons. The van der Waals surface area contributed by atoms with Crippen molar-refractivity contribution in [1.29, 1.82) is 0 Å². The Morgan fingerprint density at radius 1 is 1.10 bits per heavy atom. The molecule has 2 N–H and O–H groups in total. The smallest absolute Gasteiger partial charge is 0.315 e. The third-order valence-corrected chi connectivity index (χ3v) is 2.40. The predicted molar refractivity (Wildman–Crippen MR) is 37.7 cm³/mol. The van der Waals surface area contributed by atoms with Gasteiger partial charge in [-0.2, -0.15) is 0 Å². The zero-order valence-corrected chi connectivity index (χ0v) is 5.89. The van der Waals surface area contributed by atoms with Crippen LogP contribution >= 0.6 is 0 Å². The summed E-state index contributed by atoms with van der Waals surface area (Å²) in [5, 5.41) is 5.81. The van der Waals surface area contributed by atoms with Crippen molar-refractivity contribution in [1.82, 2.24) is 10.6 Å². The lowest BCUT2D eigenvalue weighted by molar-refractivity contribution is 0.247. The van der Waals surface area contributed by atoms with E-state index in [1.165, 1.54) is 12.8 Å². The summed E-state index contributed by atoms with van der Waals surface area (Å²) >= 11 is 0. The first-order valence-electron chi connectivity index (χ1n) is 3.93. The molecular weight excluding hydrogens is 128 g/mol. The summed E-state index contributed by atoms with van der Waals surface area (Å²) in [5.74, 6) is 0. The van der Waals surface area contributed by atoms with Gasteiger partial charge < -0.3 is 10.6 Å². The monoisotopic (exact) mass is 140 g/mol. The zero-order chi connectivity index (χ0) is 6.97. The predicted octanol–water partition coefficient (Wildman–Crippen LogP) is 0.610. The van der Waals surface area contributed by atoms with Crippen molar-refractivity contribution in [2.24, 2.45) is 0 Å². The van der Waals surface area contributed by atoms with E-state index in [0.717, 1.165) is 12.8 Å². The van der Waals surface area contributed by atoms with Gasteiger partial charge in [0.15, 0.2) is 0 Å². The van der Waals surface area contributed by atoms with Gasteiger partial charge in [0.2, 0.25) is 0 Å². The molecule has 1 aliphatic heterocycles. The summed E-state index contributed by atoms with van der Waals surface area (Å²) in [6, 6.07) is 0.888. The van der Waals surface area contributed by atoms with Crippen LogP contribution in [0.15, 0.2) is 0 Å². The molecule has 0 aromatic heterocycles. The van der Waals surface area contributed by atoms with Crippen LogP contribution in [0.1, 0.15) is 25.7 Å². The van der Waals surface area contributed by atoms with Crippen LogP contribution in [-0.4, -0.2) is 18.1 Å². The van der Waals surface area contributed by atoms with E-state index in [2.05, 4.69) is 10.6 Å². The van der Waals surface area contributed by atoms with Gasteiger partial charge in [0.05, 0.1) is 12.1 Å². The summed E-state index contributed by atoms with van der Waals surface area (Å²) in [6.07, 6.45) is 4.85. The Balaban J connectivity index is 2.04. The molecule has 3 heteroatoms. The molecule has 0 spiro atoms. The fourth-order valence-electron chi connectivity index (χ4n) is 1.85. The van der Waals surface area contributed by atoms with Crippen LogP contribution in [0.25, 0.3) is 0 Å². The second-order valence-corrected chi connectivity index (χ2v) is 3.12. The number of hydrogen-bond donors (Lipinski definition) is 2. The van der Waals surface area contributed by atoms with Crippen molar-refractivity contribution in [2.45, 2.75) is 37.8 Å². The Morgan fingerprint density at radius 2 is 1.60 bits per heavy atom. The molecular formula is C7H12N2O. The van der Waals surface area contributed by atoms with Crippen molar-refractivity contribution in [3.63, 3.8) is 0 Å². The highest BCUT2D eigenvalue weighted by Crippen LogP contribution is 2.20. The molecule has 0 radical (unpaired) electrons.